The van der Waals surface area contributed by atoms with Crippen molar-refractivity contribution >= 4 is 34.7 Å². The molecule has 2 unspecified atom stereocenters. The van der Waals surface area contributed by atoms with Crippen molar-refractivity contribution in [2.75, 3.05) is 25.5 Å². The van der Waals surface area contributed by atoms with E-state index >= 15 is 0 Å². The fourth-order valence-electron chi connectivity index (χ4n) is 3.48. The Labute approximate surface area is 170 Å². The van der Waals surface area contributed by atoms with Crippen LogP contribution in [0.2, 0.25) is 0 Å². The molecule has 0 saturated carbocycles. The van der Waals surface area contributed by atoms with Crippen LogP contribution in [0.3, 0.4) is 0 Å². The van der Waals surface area contributed by atoms with E-state index in [4.69, 9.17) is 15.2 Å². The molecule has 28 heavy (non-hydrogen) atoms. The van der Waals surface area contributed by atoms with Crippen LogP contribution in [0, 0.1) is 0 Å². The summed E-state index contributed by atoms with van der Waals surface area (Å²) in [5.74, 6) is 0.743. The van der Waals surface area contributed by atoms with Crippen molar-refractivity contribution in [3.63, 3.8) is 0 Å². The van der Waals surface area contributed by atoms with Gasteiger partial charge >= 0.3 is 0 Å². The van der Waals surface area contributed by atoms with Crippen LogP contribution < -0.4 is 21.1 Å². The van der Waals surface area contributed by atoms with Crippen molar-refractivity contribution in [1.29, 1.82) is 0 Å². The van der Waals surface area contributed by atoms with Gasteiger partial charge in [0.1, 0.15) is 17.6 Å². The minimum Gasteiger partial charge on any atom is -0.495 e. The largest absolute Gasteiger partial charge is 0.495 e. The first-order valence-corrected chi connectivity index (χ1v) is 9.02. The lowest BCUT2D eigenvalue weighted by atomic mass is 9.94. The molecule has 3 aromatic rings. The van der Waals surface area contributed by atoms with Gasteiger partial charge in [0.25, 0.3) is 0 Å². The predicted octanol–water partition coefficient (Wildman–Crippen LogP) is 3.53. The van der Waals surface area contributed by atoms with Crippen LogP contribution in [-0.2, 0) is 10.3 Å². The van der Waals surface area contributed by atoms with Gasteiger partial charge in [-0.3, -0.25) is 4.98 Å². The molecule has 0 amide bonds. The van der Waals surface area contributed by atoms with Gasteiger partial charge in [0.15, 0.2) is 0 Å². The lowest BCUT2D eigenvalue weighted by Crippen LogP contribution is -2.53. The molecule has 2 heterocycles. The maximum atomic E-state index is 6.02. The Hall–Kier alpha value is -2.38. The summed E-state index contributed by atoms with van der Waals surface area (Å²) in [6, 6.07) is 16.2. The lowest BCUT2D eigenvalue weighted by molar-refractivity contribution is -0.107. The van der Waals surface area contributed by atoms with E-state index in [2.05, 4.69) is 34.7 Å². The Kier molecular flexibility index (Phi) is 6.05. The normalized spacial score (nSPS) is 21.8. The van der Waals surface area contributed by atoms with E-state index in [0.29, 0.717) is 6.54 Å². The van der Waals surface area contributed by atoms with Gasteiger partial charge in [0, 0.05) is 24.2 Å². The number of nitrogens with two attached hydrogens (primary N) is 1. The number of halogens is 1. The van der Waals surface area contributed by atoms with Crippen LogP contribution in [0.25, 0.3) is 10.9 Å². The van der Waals surface area contributed by atoms with Crippen LogP contribution in [0.4, 0.5) is 11.4 Å². The first-order chi connectivity index (χ1) is 13.1. The monoisotopic (exact) mass is 400 g/mol. The molecule has 0 radical (unpaired) electrons. The van der Waals surface area contributed by atoms with Gasteiger partial charge in [0.2, 0.25) is 0 Å². The number of fused-ring (bicyclic) bond motifs is 1. The topological polar surface area (TPSA) is 81.4 Å². The number of nitrogens with one attached hydrogen (secondary N) is 2. The number of methoxy groups -OCH3 is 1. The number of morpholine rings is 1. The van der Waals surface area contributed by atoms with Crippen LogP contribution in [0.15, 0.2) is 54.7 Å². The predicted molar refractivity (Wildman–Crippen MR) is 115 cm³/mol. The third kappa shape index (κ3) is 4.05. The van der Waals surface area contributed by atoms with Crippen LogP contribution >= 0.6 is 12.4 Å². The standard InChI is InChI=1S/C21H24N4O2.ClH/c1-21(13-23-12-19(22)27-21)15-6-4-7-16(10-15)25-18-8-3-5-14-9-17(26-2)11-24-20(14)18;/h3-11,19,23,25H,12-13,22H2,1-2H3;1H. The smallest absolute Gasteiger partial charge is 0.137 e. The fraction of sp³-hybridized carbons (Fsp3) is 0.286. The molecule has 1 aromatic heterocycles. The maximum Gasteiger partial charge on any atom is 0.137 e. The highest BCUT2D eigenvalue weighted by molar-refractivity contribution is 5.92. The second-order valence-corrected chi connectivity index (χ2v) is 6.98. The fourth-order valence-corrected chi connectivity index (χ4v) is 3.48. The summed E-state index contributed by atoms with van der Waals surface area (Å²) >= 11 is 0. The summed E-state index contributed by atoms with van der Waals surface area (Å²) < 4.78 is 11.3. The number of ether oxygens (including phenoxy) is 2. The highest BCUT2D eigenvalue weighted by Crippen LogP contribution is 2.32. The molecule has 4 rings (SSSR count). The van der Waals surface area contributed by atoms with Gasteiger partial charge in [-0.05, 0) is 36.8 Å². The molecule has 0 spiro atoms. The lowest BCUT2D eigenvalue weighted by Gasteiger charge is -2.38. The Morgan fingerprint density at radius 3 is 2.86 bits per heavy atom. The van der Waals surface area contributed by atoms with Crippen LogP contribution in [0.1, 0.15) is 12.5 Å². The molecule has 2 atom stereocenters. The van der Waals surface area contributed by atoms with E-state index in [-0.39, 0.29) is 18.6 Å². The summed E-state index contributed by atoms with van der Waals surface area (Å²) in [5.41, 5.74) is 9.40. The van der Waals surface area contributed by atoms with Gasteiger partial charge in [-0.15, -0.1) is 12.4 Å². The molecule has 1 saturated heterocycles. The number of anilines is 2. The second-order valence-electron chi connectivity index (χ2n) is 6.98. The highest BCUT2D eigenvalue weighted by Gasteiger charge is 2.33. The molecule has 1 aliphatic rings. The van der Waals surface area contributed by atoms with Gasteiger partial charge in [-0.1, -0.05) is 24.3 Å². The van der Waals surface area contributed by atoms with Crippen molar-refractivity contribution in [2.24, 2.45) is 5.73 Å². The maximum absolute atomic E-state index is 6.02. The van der Waals surface area contributed by atoms with E-state index in [1.165, 1.54) is 0 Å². The van der Waals surface area contributed by atoms with Gasteiger partial charge in [0.05, 0.1) is 24.5 Å². The Morgan fingerprint density at radius 1 is 1.25 bits per heavy atom. The summed E-state index contributed by atoms with van der Waals surface area (Å²) in [5, 5.41) is 7.84. The molecule has 7 heteroatoms. The van der Waals surface area contributed by atoms with Gasteiger partial charge in [-0.25, -0.2) is 0 Å². The number of hydrogen-bond acceptors (Lipinski definition) is 6. The molecule has 1 aliphatic heterocycles. The highest BCUT2D eigenvalue weighted by atomic mass is 35.5. The summed E-state index contributed by atoms with van der Waals surface area (Å²) in [4.78, 5) is 4.55. The van der Waals surface area contributed by atoms with E-state index in [9.17, 15) is 0 Å². The van der Waals surface area contributed by atoms with Crippen molar-refractivity contribution in [3.8, 4) is 5.75 Å². The van der Waals surface area contributed by atoms with E-state index in [1.54, 1.807) is 13.3 Å². The van der Waals surface area contributed by atoms with Crippen LogP contribution in [-0.4, -0.2) is 31.4 Å². The number of nitrogens with zero attached hydrogens (tertiary/aromatic N) is 1. The minimum absolute atomic E-state index is 0. The number of benzene rings is 2. The molecule has 2 aromatic carbocycles. The number of aromatic nitrogens is 1. The zero-order valence-electron chi connectivity index (χ0n) is 15.9. The number of rotatable bonds is 4. The first-order valence-electron chi connectivity index (χ1n) is 9.02. The first kappa shape index (κ1) is 20.4. The van der Waals surface area contributed by atoms with Crippen molar-refractivity contribution in [3.05, 3.63) is 60.3 Å². The van der Waals surface area contributed by atoms with Gasteiger partial charge < -0.3 is 25.8 Å². The average Bonchev–Trinajstić information content (AvgIpc) is 2.68. The van der Waals surface area contributed by atoms with Crippen molar-refractivity contribution in [2.45, 2.75) is 18.8 Å². The zero-order chi connectivity index (χ0) is 18.9. The molecular formula is C21H25ClN4O2. The molecule has 1 fully saturated rings. The summed E-state index contributed by atoms with van der Waals surface area (Å²) in [7, 11) is 1.64. The molecule has 0 aliphatic carbocycles. The minimum atomic E-state index is -0.459. The average molecular weight is 401 g/mol. The molecule has 6 nitrogen and oxygen atoms in total. The molecule has 148 valence electrons. The van der Waals surface area contributed by atoms with E-state index in [1.807, 2.05) is 36.4 Å². The SMILES string of the molecule is COc1cnc2c(Nc3cccc(C4(C)CNCC(N)O4)c3)cccc2c1.Cl. The molecule has 4 N–H and O–H groups in total. The Morgan fingerprint density at radius 2 is 2.07 bits per heavy atom. The van der Waals surface area contributed by atoms with Crippen molar-refractivity contribution < 1.29 is 9.47 Å². The zero-order valence-corrected chi connectivity index (χ0v) is 16.8. The summed E-state index contributed by atoms with van der Waals surface area (Å²) in [6.07, 6.45) is 1.42. The third-order valence-electron chi connectivity index (χ3n) is 4.89. The second kappa shape index (κ2) is 8.32. The third-order valence-corrected chi connectivity index (χ3v) is 4.89. The van der Waals surface area contributed by atoms with E-state index < -0.39 is 5.60 Å². The Balaban J connectivity index is 0.00000225. The van der Waals surface area contributed by atoms with Crippen molar-refractivity contribution in [1.82, 2.24) is 10.3 Å². The van der Waals surface area contributed by atoms with Crippen LogP contribution in [0.5, 0.6) is 5.75 Å². The van der Waals surface area contributed by atoms with Gasteiger partial charge in [-0.2, -0.15) is 0 Å². The number of pyridine rings is 1. The number of hydrogen-bond donors (Lipinski definition) is 3. The Bertz CT molecular complexity index is 968. The van der Waals surface area contributed by atoms with E-state index in [0.717, 1.165) is 40.1 Å². The number of para-hydroxylation sites is 1. The summed E-state index contributed by atoms with van der Waals surface area (Å²) in [6.45, 7) is 3.45. The quantitative estimate of drug-likeness (QED) is 0.621. The molecule has 0 bridgehead atoms. The molecular weight excluding hydrogens is 376 g/mol.